The van der Waals surface area contributed by atoms with Crippen molar-refractivity contribution in [3.63, 3.8) is 0 Å². The van der Waals surface area contributed by atoms with E-state index in [1.165, 1.54) is 34.9 Å². The normalized spacial score (nSPS) is 12.6. The van der Waals surface area contributed by atoms with Gasteiger partial charge in [-0.25, -0.2) is 18.1 Å². The molecule has 5 nitrogen and oxygen atoms in total. The molecular weight excluding hydrogens is 426 g/mol. The molecular formula is C16H12Cl2F3N3O2S. The molecule has 0 atom stereocenters. The Hall–Kier alpha value is -1.81. The summed E-state index contributed by atoms with van der Waals surface area (Å²) in [6, 6.07) is 6.13. The molecule has 0 spiro atoms. The van der Waals surface area contributed by atoms with Gasteiger partial charge in [0.05, 0.1) is 26.2 Å². The van der Waals surface area contributed by atoms with E-state index < -0.39 is 21.8 Å². The van der Waals surface area contributed by atoms with Gasteiger partial charge in [0.1, 0.15) is 5.65 Å². The number of imidazole rings is 1. The first-order valence-electron chi connectivity index (χ1n) is 7.56. The van der Waals surface area contributed by atoms with E-state index in [2.05, 4.69) is 9.71 Å². The van der Waals surface area contributed by atoms with Gasteiger partial charge in [0, 0.05) is 25.4 Å². The van der Waals surface area contributed by atoms with Crippen LogP contribution in [0.1, 0.15) is 11.3 Å². The van der Waals surface area contributed by atoms with Crippen molar-refractivity contribution in [1.29, 1.82) is 0 Å². The number of sulfonamides is 1. The monoisotopic (exact) mass is 437 g/mol. The van der Waals surface area contributed by atoms with Gasteiger partial charge in [-0.3, -0.25) is 0 Å². The first-order chi connectivity index (χ1) is 12.6. The predicted molar refractivity (Wildman–Crippen MR) is 95.5 cm³/mol. The average Bonchev–Trinajstić information content (AvgIpc) is 2.98. The number of alkyl halides is 3. The number of aromatic nitrogens is 2. The maximum atomic E-state index is 12.7. The Morgan fingerprint density at radius 1 is 1.07 bits per heavy atom. The van der Waals surface area contributed by atoms with Gasteiger partial charge in [-0.2, -0.15) is 13.2 Å². The van der Waals surface area contributed by atoms with E-state index in [0.29, 0.717) is 11.3 Å². The van der Waals surface area contributed by atoms with E-state index in [1.807, 2.05) is 0 Å². The van der Waals surface area contributed by atoms with Gasteiger partial charge < -0.3 is 4.40 Å². The highest BCUT2D eigenvalue weighted by molar-refractivity contribution is 7.89. The average molecular weight is 438 g/mol. The molecule has 1 N–H and O–H groups in total. The summed E-state index contributed by atoms with van der Waals surface area (Å²) in [4.78, 5) is 4.14. The standard InChI is InChI=1S/C16H12Cl2F3N3O2S/c17-13-3-2-12(7-14(13)18)27(25,26)22-6-5-11-9-24-8-10(16(19,20)21)1-4-15(24)23-11/h1-4,7-9,22H,5-6H2. The molecule has 0 aliphatic carbocycles. The van der Waals surface area contributed by atoms with Crippen LogP contribution in [0.3, 0.4) is 0 Å². The lowest BCUT2D eigenvalue weighted by molar-refractivity contribution is -0.137. The first-order valence-corrected chi connectivity index (χ1v) is 9.80. The number of rotatable bonds is 5. The van der Waals surface area contributed by atoms with E-state index in [-0.39, 0.29) is 27.9 Å². The molecule has 27 heavy (non-hydrogen) atoms. The van der Waals surface area contributed by atoms with E-state index in [9.17, 15) is 21.6 Å². The molecule has 0 bridgehead atoms. The molecule has 0 saturated carbocycles. The second kappa shape index (κ2) is 7.31. The highest BCUT2D eigenvalue weighted by atomic mass is 35.5. The minimum Gasteiger partial charge on any atom is -0.306 e. The maximum Gasteiger partial charge on any atom is 0.417 e. The van der Waals surface area contributed by atoms with Crippen molar-refractivity contribution in [2.45, 2.75) is 17.5 Å². The second-order valence-corrected chi connectivity index (χ2v) is 8.22. The summed E-state index contributed by atoms with van der Waals surface area (Å²) in [6.45, 7) is 0.0125. The minimum absolute atomic E-state index is 0.0125. The molecule has 0 fully saturated rings. The van der Waals surface area contributed by atoms with E-state index in [1.54, 1.807) is 0 Å². The molecule has 144 valence electrons. The Morgan fingerprint density at radius 3 is 2.48 bits per heavy atom. The van der Waals surface area contributed by atoms with E-state index in [4.69, 9.17) is 23.2 Å². The van der Waals surface area contributed by atoms with Gasteiger partial charge in [0.25, 0.3) is 0 Å². The molecule has 3 aromatic rings. The van der Waals surface area contributed by atoms with Crippen LogP contribution in [0.25, 0.3) is 5.65 Å². The first kappa shape index (κ1) is 19.9. The maximum absolute atomic E-state index is 12.7. The molecule has 0 amide bonds. The van der Waals surface area contributed by atoms with Crippen molar-refractivity contribution in [2.24, 2.45) is 0 Å². The van der Waals surface area contributed by atoms with Gasteiger partial charge in [-0.05, 0) is 30.3 Å². The summed E-state index contributed by atoms with van der Waals surface area (Å²) in [6.07, 6.45) is -1.89. The Morgan fingerprint density at radius 2 is 1.81 bits per heavy atom. The second-order valence-electron chi connectivity index (χ2n) is 5.64. The number of nitrogens with one attached hydrogen (secondary N) is 1. The van der Waals surface area contributed by atoms with Gasteiger partial charge in [0.2, 0.25) is 10.0 Å². The largest absolute Gasteiger partial charge is 0.417 e. The van der Waals surface area contributed by atoms with Crippen LogP contribution >= 0.6 is 23.2 Å². The Balaban J connectivity index is 1.70. The third-order valence-corrected chi connectivity index (χ3v) is 5.90. The summed E-state index contributed by atoms with van der Waals surface area (Å²) < 4.78 is 66.4. The third-order valence-electron chi connectivity index (χ3n) is 3.70. The van der Waals surface area contributed by atoms with Crippen LogP contribution in [0.5, 0.6) is 0 Å². The third kappa shape index (κ3) is 4.55. The summed E-state index contributed by atoms with van der Waals surface area (Å²) >= 11 is 11.6. The molecule has 0 aliphatic heterocycles. The predicted octanol–water partition coefficient (Wildman–Crippen LogP) is 4.18. The molecule has 0 aliphatic rings. The van der Waals surface area contributed by atoms with Crippen molar-refractivity contribution in [2.75, 3.05) is 6.54 Å². The van der Waals surface area contributed by atoms with Crippen molar-refractivity contribution >= 4 is 38.9 Å². The van der Waals surface area contributed by atoms with Crippen molar-refractivity contribution in [3.05, 3.63) is 64.0 Å². The van der Waals surface area contributed by atoms with Crippen LogP contribution in [0.15, 0.2) is 47.6 Å². The van der Waals surface area contributed by atoms with Crippen molar-refractivity contribution in [3.8, 4) is 0 Å². The molecule has 0 saturated heterocycles. The van der Waals surface area contributed by atoms with Gasteiger partial charge in [0.15, 0.2) is 0 Å². The van der Waals surface area contributed by atoms with Crippen LogP contribution < -0.4 is 4.72 Å². The lowest BCUT2D eigenvalue weighted by atomic mass is 10.3. The number of benzene rings is 1. The summed E-state index contributed by atoms with van der Waals surface area (Å²) in [7, 11) is -3.80. The van der Waals surface area contributed by atoms with Crippen LogP contribution in [0.4, 0.5) is 13.2 Å². The number of hydrogen-bond acceptors (Lipinski definition) is 3. The quantitative estimate of drug-likeness (QED) is 0.650. The van der Waals surface area contributed by atoms with Gasteiger partial charge in [-0.15, -0.1) is 0 Å². The van der Waals surface area contributed by atoms with Crippen LogP contribution in [0.2, 0.25) is 10.0 Å². The zero-order valence-electron chi connectivity index (χ0n) is 13.5. The fourth-order valence-electron chi connectivity index (χ4n) is 2.37. The van der Waals surface area contributed by atoms with E-state index in [0.717, 1.165) is 12.3 Å². The topological polar surface area (TPSA) is 63.5 Å². The Bertz CT molecular complexity index is 1100. The lowest BCUT2D eigenvalue weighted by Gasteiger charge is -2.07. The van der Waals surface area contributed by atoms with Crippen LogP contribution in [-0.2, 0) is 22.6 Å². The molecule has 2 aromatic heterocycles. The number of fused-ring (bicyclic) bond motifs is 1. The zero-order chi connectivity index (χ0) is 19.8. The Kier molecular flexibility index (Phi) is 5.40. The molecule has 3 rings (SSSR count). The summed E-state index contributed by atoms with van der Waals surface area (Å²) in [5.74, 6) is 0. The Labute approximate surface area is 162 Å². The van der Waals surface area contributed by atoms with Crippen molar-refractivity contribution in [1.82, 2.24) is 14.1 Å². The zero-order valence-corrected chi connectivity index (χ0v) is 15.8. The summed E-state index contributed by atoms with van der Waals surface area (Å²) in [5.41, 5.74) is -0.00391. The van der Waals surface area contributed by atoms with Gasteiger partial charge in [-0.1, -0.05) is 23.2 Å². The number of halogens is 5. The molecule has 1 aromatic carbocycles. The fraction of sp³-hybridized carbons (Fsp3) is 0.188. The van der Waals surface area contributed by atoms with Gasteiger partial charge >= 0.3 is 6.18 Å². The van der Waals surface area contributed by atoms with Crippen LogP contribution in [-0.4, -0.2) is 24.3 Å². The minimum atomic E-state index is -4.45. The molecule has 2 heterocycles. The smallest absolute Gasteiger partial charge is 0.306 e. The molecule has 0 unspecified atom stereocenters. The van der Waals surface area contributed by atoms with Crippen LogP contribution in [0, 0.1) is 0 Å². The van der Waals surface area contributed by atoms with E-state index >= 15 is 0 Å². The fourth-order valence-corrected chi connectivity index (χ4v) is 3.79. The van der Waals surface area contributed by atoms with Crippen molar-refractivity contribution < 1.29 is 21.6 Å². The number of hydrogen-bond donors (Lipinski definition) is 1. The molecule has 0 radical (unpaired) electrons. The lowest BCUT2D eigenvalue weighted by Crippen LogP contribution is -2.26. The highest BCUT2D eigenvalue weighted by Gasteiger charge is 2.30. The number of nitrogens with zero attached hydrogens (tertiary/aromatic N) is 2. The highest BCUT2D eigenvalue weighted by Crippen LogP contribution is 2.29. The summed E-state index contributed by atoms with van der Waals surface area (Å²) in [5, 5.41) is 0.346. The molecule has 11 heteroatoms. The SMILES string of the molecule is O=S(=O)(NCCc1cn2cc(C(F)(F)F)ccc2n1)c1ccc(Cl)c(Cl)c1. The number of pyridine rings is 1.